The Hall–Kier alpha value is -2.54. The van der Waals surface area contributed by atoms with Gasteiger partial charge in [-0.25, -0.2) is 4.39 Å². The first-order valence-electron chi connectivity index (χ1n) is 6.69. The van der Waals surface area contributed by atoms with Gasteiger partial charge in [-0.05, 0) is 23.8 Å². The second-order valence-corrected chi connectivity index (χ2v) is 5.17. The second kappa shape index (κ2) is 6.29. The molecule has 8 heteroatoms. The molecule has 1 heterocycles. The lowest BCUT2D eigenvalue weighted by Gasteiger charge is -2.20. The highest BCUT2D eigenvalue weighted by Crippen LogP contribution is 2.38. The zero-order valence-electron chi connectivity index (χ0n) is 11.8. The van der Waals surface area contributed by atoms with Crippen molar-refractivity contribution in [3.05, 3.63) is 56.8 Å². The molecule has 2 aromatic carbocycles. The molecule has 6 nitrogen and oxygen atoms in total. The van der Waals surface area contributed by atoms with E-state index in [0.717, 1.165) is 18.2 Å². The average molecular weight is 340 g/mol. The van der Waals surface area contributed by atoms with E-state index in [2.05, 4.69) is 0 Å². The van der Waals surface area contributed by atoms with Gasteiger partial charge in [0.2, 0.25) is 0 Å². The number of nitro benzene ring substituents is 1. The minimum absolute atomic E-state index is 0.0271. The van der Waals surface area contributed by atoms with Gasteiger partial charge < -0.3 is 14.2 Å². The molecule has 1 aliphatic heterocycles. The molecule has 0 radical (unpaired) electrons. The molecular weight excluding hydrogens is 329 g/mol. The first-order valence-corrected chi connectivity index (χ1v) is 7.07. The summed E-state index contributed by atoms with van der Waals surface area (Å²) in [6, 6.07) is 6.32. The maximum absolute atomic E-state index is 13.3. The molecule has 0 saturated heterocycles. The van der Waals surface area contributed by atoms with Crippen molar-refractivity contribution in [1.82, 2.24) is 0 Å². The zero-order chi connectivity index (χ0) is 16.4. The second-order valence-electron chi connectivity index (χ2n) is 4.76. The van der Waals surface area contributed by atoms with Crippen LogP contribution < -0.4 is 14.2 Å². The van der Waals surface area contributed by atoms with Crippen LogP contribution in [-0.4, -0.2) is 18.1 Å². The molecule has 1 aliphatic rings. The third-order valence-corrected chi connectivity index (χ3v) is 3.45. The predicted octanol–water partition coefficient (Wildman–Crippen LogP) is 3.74. The fraction of sp³-hybridized carbons (Fsp3) is 0.200. The lowest BCUT2D eigenvalue weighted by atomic mass is 10.2. The van der Waals surface area contributed by atoms with Gasteiger partial charge in [0.15, 0.2) is 17.2 Å². The molecule has 0 unspecified atom stereocenters. The number of nitrogens with zero attached hydrogens (tertiary/aromatic N) is 1. The maximum Gasteiger partial charge on any atom is 0.311 e. The number of benzene rings is 2. The summed E-state index contributed by atoms with van der Waals surface area (Å²) in [5, 5.41) is 11.3. The lowest BCUT2D eigenvalue weighted by molar-refractivity contribution is -0.386. The van der Waals surface area contributed by atoms with Crippen LogP contribution in [0.4, 0.5) is 10.1 Å². The molecule has 0 atom stereocenters. The lowest BCUT2D eigenvalue weighted by Crippen LogP contribution is -2.16. The van der Waals surface area contributed by atoms with Crippen molar-refractivity contribution >= 4 is 17.3 Å². The number of ether oxygens (including phenoxy) is 3. The SMILES string of the molecule is O=[N+]([O-])c1ccc(F)cc1OCc1cc(Cl)c2c(c1)OCCO2. The van der Waals surface area contributed by atoms with Gasteiger partial charge in [0, 0.05) is 12.1 Å². The Morgan fingerprint density at radius 1 is 1.26 bits per heavy atom. The molecule has 0 saturated carbocycles. The summed E-state index contributed by atoms with van der Waals surface area (Å²) in [6.45, 7) is 0.793. The predicted molar refractivity (Wildman–Crippen MR) is 79.8 cm³/mol. The third-order valence-electron chi connectivity index (χ3n) is 3.17. The van der Waals surface area contributed by atoms with Crippen molar-refractivity contribution in [3.8, 4) is 17.2 Å². The number of hydrogen-bond acceptors (Lipinski definition) is 5. The largest absolute Gasteiger partial charge is 0.486 e. The summed E-state index contributed by atoms with van der Waals surface area (Å²) >= 11 is 6.11. The van der Waals surface area contributed by atoms with Crippen molar-refractivity contribution < 1.29 is 23.5 Å². The van der Waals surface area contributed by atoms with E-state index >= 15 is 0 Å². The Bertz CT molecular complexity index is 768. The molecule has 2 aromatic rings. The van der Waals surface area contributed by atoms with Gasteiger partial charge in [-0.1, -0.05) is 11.6 Å². The van der Waals surface area contributed by atoms with Crippen LogP contribution in [0.1, 0.15) is 5.56 Å². The molecule has 23 heavy (non-hydrogen) atoms. The molecule has 0 aliphatic carbocycles. The summed E-state index contributed by atoms with van der Waals surface area (Å²) in [7, 11) is 0. The average Bonchev–Trinajstić information content (AvgIpc) is 2.53. The van der Waals surface area contributed by atoms with Crippen LogP contribution >= 0.6 is 11.6 Å². The van der Waals surface area contributed by atoms with Gasteiger partial charge >= 0.3 is 5.69 Å². The molecule has 0 aromatic heterocycles. The zero-order valence-corrected chi connectivity index (χ0v) is 12.5. The van der Waals surface area contributed by atoms with Gasteiger partial charge in [0.05, 0.1) is 9.95 Å². The van der Waals surface area contributed by atoms with E-state index in [1.807, 2.05) is 0 Å². The van der Waals surface area contributed by atoms with E-state index in [1.54, 1.807) is 12.1 Å². The molecular formula is C15H11ClFNO5. The highest BCUT2D eigenvalue weighted by atomic mass is 35.5. The van der Waals surface area contributed by atoms with E-state index in [1.165, 1.54) is 0 Å². The van der Waals surface area contributed by atoms with Crippen molar-refractivity contribution in [2.45, 2.75) is 6.61 Å². The molecule has 0 bridgehead atoms. The van der Waals surface area contributed by atoms with Crippen LogP contribution in [-0.2, 0) is 6.61 Å². The molecule has 0 fully saturated rings. The highest BCUT2D eigenvalue weighted by molar-refractivity contribution is 6.32. The number of hydrogen-bond donors (Lipinski definition) is 0. The molecule has 120 valence electrons. The van der Waals surface area contributed by atoms with Crippen molar-refractivity contribution in [2.24, 2.45) is 0 Å². The van der Waals surface area contributed by atoms with Gasteiger partial charge in [-0.3, -0.25) is 10.1 Å². The van der Waals surface area contributed by atoms with Crippen molar-refractivity contribution in [1.29, 1.82) is 0 Å². The smallest absolute Gasteiger partial charge is 0.311 e. The van der Waals surface area contributed by atoms with Crippen LogP contribution in [0.3, 0.4) is 0 Å². The monoisotopic (exact) mass is 339 g/mol. The Balaban J connectivity index is 1.83. The number of rotatable bonds is 4. The highest BCUT2D eigenvalue weighted by Gasteiger charge is 2.19. The number of nitro groups is 1. The summed E-state index contributed by atoms with van der Waals surface area (Å²) in [5.41, 5.74) is 0.313. The Morgan fingerprint density at radius 3 is 2.83 bits per heavy atom. The van der Waals surface area contributed by atoms with Crippen molar-refractivity contribution in [2.75, 3.05) is 13.2 Å². The fourth-order valence-corrected chi connectivity index (χ4v) is 2.45. The molecule has 3 rings (SSSR count). The van der Waals surface area contributed by atoms with Gasteiger partial charge in [0.25, 0.3) is 0 Å². The topological polar surface area (TPSA) is 70.8 Å². The van der Waals surface area contributed by atoms with Gasteiger partial charge in [-0.15, -0.1) is 0 Å². The third kappa shape index (κ3) is 3.29. The number of fused-ring (bicyclic) bond motifs is 1. The van der Waals surface area contributed by atoms with Gasteiger partial charge in [-0.2, -0.15) is 0 Å². The summed E-state index contributed by atoms with van der Waals surface area (Å²) in [5.74, 6) is 0.168. The van der Waals surface area contributed by atoms with E-state index in [-0.39, 0.29) is 18.0 Å². The minimum Gasteiger partial charge on any atom is -0.486 e. The maximum atomic E-state index is 13.3. The number of halogens is 2. The first kappa shape index (κ1) is 15.4. The molecule has 0 amide bonds. The molecule has 0 N–H and O–H groups in total. The van der Waals surface area contributed by atoms with Crippen LogP contribution in [0.25, 0.3) is 0 Å². The Labute approximate surface area is 135 Å². The van der Waals surface area contributed by atoms with Crippen molar-refractivity contribution in [3.63, 3.8) is 0 Å². The van der Waals surface area contributed by atoms with Crippen LogP contribution in [0.5, 0.6) is 17.2 Å². The quantitative estimate of drug-likeness (QED) is 0.627. The van der Waals surface area contributed by atoms with Crippen LogP contribution in [0.15, 0.2) is 30.3 Å². The summed E-state index contributed by atoms with van der Waals surface area (Å²) in [4.78, 5) is 10.3. The normalized spacial score (nSPS) is 12.8. The summed E-state index contributed by atoms with van der Waals surface area (Å²) in [6.07, 6.45) is 0. The van der Waals surface area contributed by atoms with E-state index in [4.69, 9.17) is 25.8 Å². The Morgan fingerprint density at radius 2 is 2.04 bits per heavy atom. The Kier molecular flexibility index (Phi) is 4.20. The van der Waals surface area contributed by atoms with E-state index in [0.29, 0.717) is 35.3 Å². The summed E-state index contributed by atoms with van der Waals surface area (Å²) < 4.78 is 29.5. The standard InChI is InChI=1S/C15H11ClFNO5/c16-11-5-9(6-14-15(11)22-4-3-21-14)8-23-13-7-10(17)1-2-12(13)18(19)20/h1-2,5-7H,3-4,8H2. The van der Waals surface area contributed by atoms with Gasteiger partial charge in [0.1, 0.15) is 25.6 Å². The molecule has 0 spiro atoms. The fourth-order valence-electron chi connectivity index (χ4n) is 2.16. The van der Waals surface area contributed by atoms with E-state index in [9.17, 15) is 14.5 Å². The minimum atomic E-state index is -0.633. The van der Waals surface area contributed by atoms with E-state index < -0.39 is 10.7 Å². The van der Waals surface area contributed by atoms with Crippen LogP contribution in [0, 0.1) is 15.9 Å². The first-order chi connectivity index (χ1) is 11.0. The van der Waals surface area contributed by atoms with Crippen LogP contribution in [0.2, 0.25) is 5.02 Å².